The van der Waals surface area contributed by atoms with Crippen molar-refractivity contribution in [2.45, 2.75) is 0 Å². The predicted octanol–water partition coefficient (Wildman–Crippen LogP) is 2.91. The maximum absolute atomic E-state index is 10.3. The molecule has 1 rings (SSSR count). The highest BCUT2D eigenvalue weighted by Crippen LogP contribution is 2.24. The highest BCUT2D eigenvalue weighted by Gasteiger charge is 2.06. The zero-order valence-corrected chi connectivity index (χ0v) is 7.64. The summed E-state index contributed by atoms with van der Waals surface area (Å²) in [7, 11) is 0. The van der Waals surface area contributed by atoms with Gasteiger partial charge in [-0.3, -0.25) is 10.1 Å². The molecular weight excluding hydrogens is 198 g/mol. The summed E-state index contributed by atoms with van der Waals surface area (Å²) in [4.78, 5) is 10.7. The molecule has 0 fully saturated rings. The van der Waals surface area contributed by atoms with Crippen molar-refractivity contribution in [3.05, 3.63) is 33.2 Å². The first kappa shape index (κ1) is 9.22. The van der Waals surface area contributed by atoms with Crippen LogP contribution in [0.25, 0.3) is 6.08 Å². The lowest BCUT2D eigenvalue weighted by molar-refractivity contribution is -0.380. The van der Waals surface area contributed by atoms with Gasteiger partial charge in [-0.2, -0.15) is 0 Å². The highest BCUT2D eigenvalue weighted by molar-refractivity contribution is 7.16. The molecule has 0 aromatic carbocycles. The number of hydrogen-bond donors (Lipinski definition) is 0. The maximum atomic E-state index is 10.3. The third-order valence-corrected chi connectivity index (χ3v) is 2.34. The number of alkyl halides is 1. The fraction of sp³-hybridized carbons (Fsp3) is 0.143. The Kier molecular flexibility index (Phi) is 3.25. The third-order valence-electron chi connectivity index (χ3n) is 1.16. The van der Waals surface area contributed by atoms with Gasteiger partial charge in [-0.1, -0.05) is 17.4 Å². The van der Waals surface area contributed by atoms with Crippen LogP contribution in [-0.2, 0) is 0 Å². The van der Waals surface area contributed by atoms with E-state index in [1.807, 2.05) is 0 Å². The molecule has 0 bridgehead atoms. The quantitative estimate of drug-likeness (QED) is 0.431. The molecule has 0 radical (unpaired) electrons. The Morgan fingerprint density at radius 1 is 1.67 bits per heavy atom. The van der Waals surface area contributed by atoms with Crippen LogP contribution in [0.2, 0.25) is 0 Å². The molecular formula is C7H6ClNO2S. The fourth-order valence-corrected chi connectivity index (χ4v) is 1.53. The van der Waals surface area contributed by atoms with Crippen molar-refractivity contribution in [1.29, 1.82) is 0 Å². The normalized spacial score (nSPS) is 10.8. The second-order valence-corrected chi connectivity index (χ2v) is 3.39. The number of thiophene rings is 1. The van der Waals surface area contributed by atoms with Crippen molar-refractivity contribution in [1.82, 2.24) is 0 Å². The van der Waals surface area contributed by atoms with Crippen LogP contribution in [0, 0.1) is 10.1 Å². The van der Waals surface area contributed by atoms with Gasteiger partial charge in [0.1, 0.15) is 0 Å². The number of hydrogen-bond acceptors (Lipinski definition) is 3. The van der Waals surface area contributed by atoms with Crippen molar-refractivity contribution in [2.24, 2.45) is 0 Å². The van der Waals surface area contributed by atoms with E-state index in [0.717, 1.165) is 16.2 Å². The van der Waals surface area contributed by atoms with E-state index in [-0.39, 0.29) is 5.00 Å². The molecule has 0 amide bonds. The Morgan fingerprint density at radius 2 is 2.42 bits per heavy atom. The molecule has 1 aromatic rings. The number of rotatable bonds is 3. The Hall–Kier alpha value is -0.870. The Balaban J connectivity index is 2.77. The topological polar surface area (TPSA) is 43.1 Å². The van der Waals surface area contributed by atoms with Gasteiger partial charge >= 0.3 is 5.00 Å². The first-order chi connectivity index (χ1) is 5.74. The van der Waals surface area contributed by atoms with E-state index < -0.39 is 4.92 Å². The van der Waals surface area contributed by atoms with E-state index >= 15 is 0 Å². The molecule has 3 nitrogen and oxygen atoms in total. The minimum atomic E-state index is -0.400. The summed E-state index contributed by atoms with van der Waals surface area (Å²) in [6.45, 7) is 0. The van der Waals surface area contributed by atoms with Crippen molar-refractivity contribution >= 4 is 34.0 Å². The van der Waals surface area contributed by atoms with E-state index in [0.29, 0.717) is 5.88 Å². The minimum absolute atomic E-state index is 0.157. The summed E-state index contributed by atoms with van der Waals surface area (Å²) in [6, 6.07) is 3.18. The van der Waals surface area contributed by atoms with Gasteiger partial charge in [-0.25, -0.2) is 0 Å². The second-order valence-electron chi connectivity index (χ2n) is 1.99. The largest absolute Gasteiger partial charge is 0.324 e. The zero-order chi connectivity index (χ0) is 8.97. The molecule has 0 spiro atoms. The zero-order valence-electron chi connectivity index (χ0n) is 6.07. The molecule has 0 N–H and O–H groups in total. The summed E-state index contributed by atoms with van der Waals surface area (Å²) in [6.07, 6.45) is 3.52. The molecule has 12 heavy (non-hydrogen) atoms. The summed E-state index contributed by atoms with van der Waals surface area (Å²) in [5, 5.41) is 10.4. The molecule has 0 saturated heterocycles. The van der Waals surface area contributed by atoms with Crippen LogP contribution < -0.4 is 0 Å². The lowest BCUT2D eigenvalue weighted by Gasteiger charge is -1.80. The van der Waals surface area contributed by atoms with E-state index in [9.17, 15) is 10.1 Å². The van der Waals surface area contributed by atoms with Crippen LogP contribution in [0.5, 0.6) is 0 Å². The van der Waals surface area contributed by atoms with Gasteiger partial charge in [0.15, 0.2) is 0 Å². The van der Waals surface area contributed by atoms with Crippen molar-refractivity contribution in [2.75, 3.05) is 5.88 Å². The fourth-order valence-electron chi connectivity index (χ4n) is 0.691. The molecule has 0 atom stereocenters. The molecule has 1 heterocycles. The Morgan fingerprint density at radius 3 is 2.92 bits per heavy atom. The lowest BCUT2D eigenvalue weighted by Crippen LogP contribution is -1.80. The van der Waals surface area contributed by atoms with Gasteiger partial charge in [0, 0.05) is 16.8 Å². The standard InChI is InChI=1S/C7H6ClNO2S/c8-5-1-2-6-3-4-7(12-6)9(10)11/h1-4H,5H2. The van der Waals surface area contributed by atoms with Crippen LogP contribution in [0.1, 0.15) is 4.88 Å². The summed E-state index contributed by atoms with van der Waals surface area (Å²) in [5.41, 5.74) is 0. The number of allylic oxidation sites excluding steroid dienone is 1. The van der Waals surface area contributed by atoms with E-state index in [2.05, 4.69) is 0 Å². The molecule has 0 aliphatic heterocycles. The summed E-state index contributed by atoms with van der Waals surface area (Å²) in [5.74, 6) is 0.422. The summed E-state index contributed by atoms with van der Waals surface area (Å²) >= 11 is 6.54. The van der Waals surface area contributed by atoms with Crippen molar-refractivity contribution in [3.8, 4) is 0 Å². The average Bonchev–Trinajstić information content (AvgIpc) is 2.48. The van der Waals surface area contributed by atoms with Gasteiger partial charge in [-0.05, 0) is 12.1 Å². The second kappa shape index (κ2) is 4.23. The van der Waals surface area contributed by atoms with Crippen LogP contribution in [0.3, 0.4) is 0 Å². The molecule has 1 aromatic heterocycles. The molecule has 64 valence electrons. The first-order valence-corrected chi connectivity index (χ1v) is 4.56. The van der Waals surface area contributed by atoms with Gasteiger partial charge in [0.2, 0.25) is 0 Å². The molecule has 0 saturated carbocycles. The molecule has 0 aliphatic rings. The predicted molar refractivity (Wildman–Crippen MR) is 50.7 cm³/mol. The average molecular weight is 204 g/mol. The van der Waals surface area contributed by atoms with Crippen molar-refractivity contribution < 1.29 is 4.92 Å². The van der Waals surface area contributed by atoms with Crippen LogP contribution in [0.15, 0.2) is 18.2 Å². The van der Waals surface area contributed by atoms with E-state index in [1.165, 1.54) is 6.07 Å². The molecule has 0 unspecified atom stereocenters. The smallest absolute Gasteiger partial charge is 0.258 e. The van der Waals surface area contributed by atoms with Crippen LogP contribution in [0.4, 0.5) is 5.00 Å². The highest BCUT2D eigenvalue weighted by atomic mass is 35.5. The summed E-state index contributed by atoms with van der Waals surface area (Å²) < 4.78 is 0. The Labute approximate surface area is 78.4 Å². The third kappa shape index (κ3) is 2.32. The lowest BCUT2D eigenvalue weighted by atomic mass is 10.4. The minimum Gasteiger partial charge on any atom is -0.258 e. The number of nitro groups is 1. The maximum Gasteiger partial charge on any atom is 0.324 e. The Bertz CT molecular complexity index is 308. The molecule has 0 aliphatic carbocycles. The first-order valence-electron chi connectivity index (χ1n) is 3.21. The number of nitrogens with zero attached hydrogens (tertiary/aromatic N) is 1. The van der Waals surface area contributed by atoms with Gasteiger partial charge in [-0.15, -0.1) is 11.6 Å². The SMILES string of the molecule is O=[N+]([O-])c1ccc(C=CCCl)s1. The van der Waals surface area contributed by atoms with E-state index in [4.69, 9.17) is 11.6 Å². The van der Waals surface area contributed by atoms with Crippen LogP contribution in [-0.4, -0.2) is 10.8 Å². The number of halogens is 1. The van der Waals surface area contributed by atoms with Gasteiger partial charge in [0.25, 0.3) is 0 Å². The van der Waals surface area contributed by atoms with E-state index in [1.54, 1.807) is 18.2 Å². The van der Waals surface area contributed by atoms with Gasteiger partial charge < -0.3 is 0 Å². The molecule has 5 heteroatoms. The van der Waals surface area contributed by atoms with Gasteiger partial charge in [0.05, 0.1) is 4.92 Å². The van der Waals surface area contributed by atoms with Crippen LogP contribution >= 0.6 is 22.9 Å². The monoisotopic (exact) mass is 203 g/mol. The van der Waals surface area contributed by atoms with Crippen molar-refractivity contribution in [3.63, 3.8) is 0 Å².